The van der Waals surface area contributed by atoms with E-state index in [0.29, 0.717) is 10.7 Å². The van der Waals surface area contributed by atoms with Crippen molar-refractivity contribution in [2.24, 2.45) is 0 Å². The van der Waals surface area contributed by atoms with E-state index in [1.54, 1.807) is 6.07 Å². The molecule has 0 aliphatic carbocycles. The van der Waals surface area contributed by atoms with Gasteiger partial charge in [-0.15, -0.1) is 0 Å². The first-order valence-corrected chi connectivity index (χ1v) is 12.8. The third-order valence-corrected chi connectivity index (χ3v) is 7.78. The molecule has 0 bridgehead atoms. The van der Waals surface area contributed by atoms with E-state index >= 15 is 0 Å². The molecule has 1 aromatic heterocycles. The van der Waals surface area contributed by atoms with Gasteiger partial charge in [-0.05, 0) is 47.3 Å². The van der Waals surface area contributed by atoms with Crippen LogP contribution in [0.25, 0.3) is 10.1 Å². The van der Waals surface area contributed by atoms with Crippen molar-refractivity contribution >= 4 is 100 Å². The number of benzene rings is 2. The first-order chi connectivity index (χ1) is 16.9. The van der Waals surface area contributed by atoms with E-state index in [0.717, 1.165) is 61.0 Å². The van der Waals surface area contributed by atoms with Gasteiger partial charge in [-0.3, -0.25) is 19.3 Å². The number of halogens is 1. The molecule has 0 saturated carbocycles. The van der Waals surface area contributed by atoms with Gasteiger partial charge < -0.3 is 12.9 Å². The second kappa shape index (κ2) is 11.8. The summed E-state index contributed by atoms with van der Waals surface area (Å²) in [4.78, 5) is 41.5. The summed E-state index contributed by atoms with van der Waals surface area (Å²) in [5, 5.41) is 10.6. The number of aromatic nitrogens is 1. The van der Waals surface area contributed by atoms with Crippen LogP contribution in [0.15, 0.2) is 36.4 Å². The molecule has 5 rings (SSSR count). The van der Waals surface area contributed by atoms with Gasteiger partial charge in [0.15, 0.2) is 0 Å². The van der Waals surface area contributed by atoms with Crippen LogP contribution in [0.1, 0.15) is 26.8 Å². The minimum atomic E-state index is -1.07. The Morgan fingerprint density at radius 3 is 2.61 bits per heavy atom. The molecule has 2 amide bonds. The molecule has 186 valence electrons. The minimum absolute atomic E-state index is 0. The number of piperazine rings is 1. The molecule has 0 unspecified atom stereocenters. The SMILES string of the molecule is O=C(O)CCC(=O)N1C(=O)Cc2cc(CCN3CCN(c4nsc5ccccc45)CC3)c(Cl)cc21.[Ca+2].[H-].[H-]. The summed E-state index contributed by atoms with van der Waals surface area (Å²) in [6.07, 6.45) is 0.337. The number of carbonyl (C=O) groups is 3. The summed E-state index contributed by atoms with van der Waals surface area (Å²) in [7, 11) is 0. The van der Waals surface area contributed by atoms with E-state index in [-0.39, 0.29) is 65.8 Å². The van der Waals surface area contributed by atoms with Crippen molar-refractivity contribution in [1.82, 2.24) is 9.27 Å². The topological polar surface area (TPSA) is 94.0 Å². The van der Waals surface area contributed by atoms with Crippen LogP contribution < -0.4 is 9.80 Å². The van der Waals surface area contributed by atoms with E-state index < -0.39 is 11.9 Å². The number of carboxylic acids is 1. The fourth-order valence-corrected chi connectivity index (χ4v) is 5.79. The third kappa shape index (κ3) is 5.71. The zero-order valence-corrected chi connectivity index (χ0v) is 23.6. The second-order valence-electron chi connectivity index (χ2n) is 8.85. The van der Waals surface area contributed by atoms with Crippen LogP contribution in [0.2, 0.25) is 5.02 Å². The monoisotopic (exact) mass is 554 g/mol. The van der Waals surface area contributed by atoms with Crippen LogP contribution in [-0.4, -0.2) is 103 Å². The molecule has 1 fully saturated rings. The third-order valence-electron chi connectivity index (χ3n) is 6.61. The maximum absolute atomic E-state index is 12.5. The van der Waals surface area contributed by atoms with Crippen LogP contribution in [0.3, 0.4) is 0 Å². The van der Waals surface area contributed by atoms with Gasteiger partial charge in [0, 0.05) is 49.6 Å². The summed E-state index contributed by atoms with van der Waals surface area (Å²) in [6, 6.07) is 11.9. The van der Waals surface area contributed by atoms with Crippen LogP contribution in [-0.2, 0) is 27.2 Å². The molecule has 36 heavy (non-hydrogen) atoms. The number of fused-ring (bicyclic) bond motifs is 2. The van der Waals surface area contributed by atoms with Gasteiger partial charge >= 0.3 is 43.7 Å². The standard InChI is InChI=1S/C25H25ClN4O4S.Ca.2H/c26-19-15-20-17(14-23(32)30(20)22(31)5-6-24(33)34)13-16(19)7-8-28-9-11-29(12-10-28)25-18-3-1-2-4-21(18)35-27-25;;;/h1-4,13,15H,5-12,14H2,(H,33,34);;;/q;+2;2*-1. The van der Waals surface area contributed by atoms with Crippen molar-refractivity contribution < 1.29 is 22.3 Å². The Morgan fingerprint density at radius 2 is 1.86 bits per heavy atom. The van der Waals surface area contributed by atoms with Gasteiger partial charge in [0.2, 0.25) is 11.8 Å². The summed E-state index contributed by atoms with van der Waals surface area (Å²) in [5.41, 5.74) is 2.19. The van der Waals surface area contributed by atoms with Crippen molar-refractivity contribution in [3.63, 3.8) is 0 Å². The number of hydrogen-bond acceptors (Lipinski definition) is 7. The minimum Gasteiger partial charge on any atom is -1.00 e. The average molecular weight is 555 g/mol. The van der Waals surface area contributed by atoms with Crippen LogP contribution in [0.5, 0.6) is 0 Å². The van der Waals surface area contributed by atoms with E-state index in [1.165, 1.54) is 21.6 Å². The normalized spacial score (nSPS) is 15.8. The van der Waals surface area contributed by atoms with Gasteiger partial charge in [0.1, 0.15) is 5.82 Å². The fourth-order valence-electron chi connectivity index (χ4n) is 4.74. The van der Waals surface area contributed by atoms with E-state index in [9.17, 15) is 14.4 Å². The molecule has 0 atom stereocenters. The average Bonchev–Trinajstić information content (AvgIpc) is 3.41. The number of anilines is 2. The Bertz CT molecular complexity index is 1320. The molecular weight excluding hydrogens is 528 g/mol. The largest absolute Gasteiger partial charge is 2.00 e. The first-order valence-electron chi connectivity index (χ1n) is 11.6. The number of nitrogens with zero attached hydrogens (tertiary/aromatic N) is 4. The Kier molecular flexibility index (Phi) is 8.91. The van der Waals surface area contributed by atoms with E-state index in [1.807, 2.05) is 12.1 Å². The molecule has 3 aromatic rings. The van der Waals surface area contributed by atoms with Crippen molar-refractivity contribution in [2.75, 3.05) is 42.5 Å². The number of hydrogen-bond donors (Lipinski definition) is 1. The molecular formula is C25H27CaClN4O4S. The van der Waals surface area contributed by atoms with Crippen molar-refractivity contribution in [3.05, 3.63) is 52.5 Å². The molecule has 11 heteroatoms. The van der Waals surface area contributed by atoms with Gasteiger partial charge in [-0.2, -0.15) is 4.37 Å². The first kappa shape index (κ1) is 27.3. The quantitative estimate of drug-likeness (QED) is 0.447. The predicted octanol–water partition coefficient (Wildman–Crippen LogP) is 3.44. The molecule has 3 heterocycles. The van der Waals surface area contributed by atoms with Crippen LogP contribution in [0, 0.1) is 0 Å². The zero-order valence-electron chi connectivity index (χ0n) is 21.8. The van der Waals surface area contributed by atoms with Crippen molar-refractivity contribution in [1.29, 1.82) is 0 Å². The number of aliphatic carboxylic acids is 1. The Morgan fingerprint density at radius 1 is 1.11 bits per heavy atom. The Balaban J connectivity index is 0.00000169. The summed E-state index contributed by atoms with van der Waals surface area (Å²) < 4.78 is 5.88. The number of carboxylic acid groups (broad SMARTS) is 1. The van der Waals surface area contributed by atoms with Crippen molar-refractivity contribution in [3.8, 4) is 0 Å². The zero-order chi connectivity index (χ0) is 24.5. The number of carbonyl (C=O) groups excluding carboxylic acids is 2. The van der Waals surface area contributed by atoms with Gasteiger partial charge in [0.25, 0.3) is 0 Å². The molecule has 1 saturated heterocycles. The van der Waals surface area contributed by atoms with Crippen LogP contribution in [0.4, 0.5) is 11.5 Å². The fraction of sp³-hybridized carbons (Fsp3) is 0.360. The predicted molar refractivity (Wildman–Crippen MR) is 144 cm³/mol. The second-order valence-corrected chi connectivity index (χ2v) is 10.1. The molecule has 2 aliphatic rings. The molecule has 0 spiro atoms. The van der Waals surface area contributed by atoms with Crippen LogP contribution >= 0.6 is 23.1 Å². The molecule has 2 aliphatic heterocycles. The van der Waals surface area contributed by atoms with E-state index in [4.69, 9.17) is 16.7 Å². The maximum Gasteiger partial charge on any atom is 2.00 e. The number of imide groups is 1. The summed E-state index contributed by atoms with van der Waals surface area (Å²) in [6.45, 7) is 4.53. The maximum atomic E-state index is 12.5. The molecule has 8 nitrogen and oxygen atoms in total. The van der Waals surface area contributed by atoms with Crippen molar-refractivity contribution in [2.45, 2.75) is 25.7 Å². The molecule has 1 N–H and O–H groups in total. The number of amides is 2. The summed E-state index contributed by atoms with van der Waals surface area (Å²) >= 11 is 8.08. The molecule has 0 radical (unpaired) electrons. The van der Waals surface area contributed by atoms with Gasteiger partial charge in [-0.1, -0.05) is 29.8 Å². The molecule has 2 aromatic carbocycles. The Hall–Kier alpha value is -1.75. The van der Waals surface area contributed by atoms with E-state index in [2.05, 4.69) is 32.4 Å². The number of rotatable bonds is 7. The van der Waals surface area contributed by atoms with Gasteiger partial charge in [0.05, 0.1) is 23.2 Å². The van der Waals surface area contributed by atoms with Gasteiger partial charge in [-0.25, -0.2) is 4.90 Å². The smallest absolute Gasteiger partial charge is 1.00 e. The Labute approximate surface area is 250 Å². The summed E-state index contributed by atoms with van der Waals surface area (Å²) in [5.74, 6) is -0.849.